The maximum absolute atomic E-state index is 12.6. The molecule has 7 heteroatoms. The first-order valence-corrected chi connectivity index (χ1v) is 9.05. The number of hydrogen-bond donors (Lipinski definition) is 0. The van der Waals surface area contributed by atoms with E-state index in [1.165, 1.54) is 0 Å². The summed E-state index contributed by atoms with van der Waals surface area (Å²) in [6.45, 7) is 9.37. The van der Waals surface area contributed by atoms with Crippen LogP contribution in [0.2, 0.25) is 0 Å². The van der Waals surface area contributed by atoms with Crippen LogP contribution < -0.4 is 0 Å². The Hall–Kier alpha value is -0.190. The fourth-order valence-corrected chi connectivity index (χ4v) is 3.57. The van der Waals surface area contributed by atoms with E-state index in [1.54, 1.807) is 20.8 Å². The molecule has 0 radical (unpaired) electrons. The Morgan fingerprint density at radius 2 is 1.30 bits per heavy atom. The van der Waals surface area contributed by atoms with Crippen molar-refractivity contribution >= 4 is 46.7 Å². The third-order valence-electron chi connectivity index (χ3n) is 4.22. The van der Waals surface area contributed by atoms with Crippen LogP contribution in [0.5, 0.6) is 0 Å². The van der Waals surface area contributed by atoms with Gasteiger partial charge in [0.25, 0.3) is 0 Å². The number of halogens is 3. The predicted octanol–water partition coefficient (Wildman–Crippen LogP) is 4.89. The fourth-order valence-electron chi connectivity index (χ4n) is 3.34. The maximum Gasteiger partial charge on any atom is 0.340 e. The Bertz CT molecular complexity index is 400. The van der Waals surface area contributed by atoms with Crippen molar-refractivity contribution in [1.29, 1.82) is 0 Å². The molecule has 23 heavy (non-hydrogen) atoms. The second-order valence-electron chi connectivity index (χ2n) is 7.02. The molecule has 0 heterocycles. The summed E-state index contributed by atoms with van der Waals surface area (Å²) in [5.74, 6) is -2.17. The first-order chi connectivity index (χ1) is 10.4. The van der Waals surface area contributed by atoms with Crippen molar-refractivity contribution < 1.29 is 19.1 Å². The molecule has 0 spiro atoms. The first-order valence-electron chi connectivity index (χ1n) is 7.92. The monoisotopic (exact) mass is 386 g/mol. The van der Waals surface area contributed by atoms with Crippen molar-refractivity contribution in [2.75, 3.05) is 0 Å². The molecule has 0 aromatic rings. The summed E-state index contributed by atoms with van der Waals surface area (Å²) in [6, 6.07) is 0. The van der Waals surface area contributed by atoms with E-state index in [0.717, 1.165) is 19.3 Å². The minimum Gasteiger partial charge on any atom is -0.460 e. The number of ether oxygens (including phenoxy) is 2. The molecule has 0 amide bonds. The zero-order chi connectivity index (χ0) is 18.0. The molecule has 4 nitrogen and oxygen atoms in total. The molecular weight excluding hydrogens is 363 g/mol. The van der Waals surface area contributed by atoms with E-state index in [0.29, 0.717) is 0 Å². The second-order valence-corrected chi connectivity index (χ2v) is 9.20. The molecule has 1 aliphatic carbocycles. The number of alkyl halides is 3. The van der Waals surface area contributed by atoms with Crippen molar-refractivity contribution in [2.24, 2.45) is 23.7 Å². The van der Waals surface area contributed by atoms with Crippen LogP contribution in [-0.2, 0) is 19.1 Å². The average molecular weight is 388 g/mol. The van der Waals surface area contributed by atoms with E-state index < -0.39 is 27.4 Å². The SMILES string of the molecule is CCC1CC(CC)C(C(=O)OC(Cl)(Cl)Cl)C1C(=O)OC(C)(C)C. The highest BCUT2D eigenvalue weighted by Crippen LogP contribution is 2.47. The third-order valence-corrected chi connectivity index (χ3v) is 4.46. The second kappa shape index (κ2) is 7.79. The van der Waals surface area contributed by atoms with Gasteiger partial charge in [-0.25, -0.2) is 0 Å². The van der Waals surface area contributed by atoms with Gasteiger partial charge in [0.05, 0.1) is 11.8 Å². The molecule has 1 aliphatic rings. The van der Waals surface area contributed by atoms with Gasteiger partial charge >= 0.3 is 15.9 Å². The summed E-state index contributed by atoms with van der Waals surface area (Å²) in [7, 11) is 0. The van der Waals surface area contributed by atoms with Gasteiger partial charge in [0.2, 0.25) is 0 Å². The van der Waals surface area contributed by atoms with Crippen LogP contribution in [0.3, 0.4) is 0 Å². The normalized spacial score (nSPS) is 28.5. The highest BCUT2D eigenvalue weighted by Gasteiger charge is 2.52. The topological polar surface area (TPSA) is 52.6 Å². The molecule has 1 fully saturated rings. The quantitative estimate of drug-likeness (QED) is 0.509. The van der Waals surface area contributed by atoms with Gasteiger partial charge < -0.3 is 9.47 Å². The van der Waals surface area contributed by atoms with Crippen LogP contribution in [-0.4, -0.2) is 21.5 Å². The molecule has 0 aromatic heterocycles. The van der Waals surface area contributed by atoms with Crippen molar-refractivity contribution in [3.8, 4) is 0 Å². The molecule has 0 N–H and O–H groups in total. The molecule has 0 bridgehead atoms. The van der Waals surface area contributed by atoms with Gasteiger partial charge in [-0.3, -0.25) is 9.59 Å². The van der Waals surface area contributed by atoms with E-state index in [4.69, 9.17) is 44.3 Å². The van der Waals surface area contributed by atoms with E-state index in [1.807, 2.05) is 13.8 Å². The van der Waals surface area contributed by atoms with Crippen molar-refractivity contribution in [2.45, 2.75) is 63.5 Å². The molecule has 4 atom stereocenters. The lowest BCUT2D eigenvalue weighted by Crippen LogP contribution is -2.38. The van der Waals surface area contributed by atoms with E-state index in [-0.39, 0.29) is 17.8 Å². The summed E-state index contributed by atoms with van der Waals surface area (Å²) >= 11 is 16.7. The van der Waals surface area contributed by atoms with Gasteiger partial charge in [-0.2, -0.15) is 0 Å². The number of esters is 2. The lowest BCUT2D eigenvalue weighted by atomic mass is 9.85. The Morgan fingerprint density at radius 3 is 1.61 bits per heavy atom. The summed E-state index contributed by atoms with van der Waals surface area (Å²) in [5.41, 5.74) is -0.622. The highest BCUT2D eigenvalue weighted by atomic mass is 35.6. The predicted molar refractivity (Wildman–Crippen MR) is 91.4 cm³/mol. The van der Waals surface area contributed by atoms with Crippen LogP contribution in [0.4, 0.5) is 0 Å². The molecular formula is C16H25Cl3O4. The lowest BCUT2D eigenvalue weighted by Gasteiger charge is -2.28. The van der Waals surface area contributed by atoms with Gasteiger partial charge in [0, 0.05) is 0 Å². The Labute approximate surface area is 153 Å². The molecule has 0 aromatic carbocycles. The smallest absolute Gasteiger partial charge is 0.340 e. The van der Waals surface area contributed by atoms with Crippen molar-refractivity contribution in [3.05, 3.63) is 0 Å². The highest BCUT2D eigenvalue weighted by molar-refractivity contribution is 6.66. The Balaban J connectivity index is 3.08. The largest absolute Gasteiger partial charge is 0.460 e. The number of hydrogen-bond acceptors (Lipinski definition) is 4. The molecule has 0 aliphatic heterocycles. The van der Waals surface area contributed by atoms with Crippen LogP contribution in [0.1, 0.15) is 53.9 Å². The Morgan fingerprint density at radius 1 is 0.913 bits per heavy atom. The number of rotatable bonds is 4. The van der Waals surface area contributed by atoms with Crippen LogP contribution in [0, 0.1) is 23.7 Å². The number of carbonyl (C=O) groups excluding carboxylic acids is 2. The van der Waals surface area contributed by atoms with Gasteiger partial charge in [0.1, 0.15) is 5.60 Å². The third kappa shape index (κ3) is 5.99. The zero-order valence-corrected chi connectivity index (χ0v) is 16.5. The van der Waals surface area contributed by atoms with Crippen LogP contribution in [0.15, 0.2) is 0 Å². The van der Waals surface area contributed by atoms with Crippen LogP contribution >= 0.6 is 34.8 Å². The van der Waals surface area contributed by atoms with E-state index >= 15 is 0 Å². The van der Waals surface area contributed by atoms with Crippen molar-refractivity contribution in [1.82, 2.24) is 0 Å². The molecule has 1 rings (SSSR count). The summed E-state index contributed by atoms with van der Waals surface area (Å²) < 4.78 is 8.29. The van der Waals surface area contributed by atoms with Gasteiger partial charge in [-0.1, -0.05) is 26.7 Å². The standard InChI is InChI=1S/C16H25Cl3O4/c1-6-9-8-10(7-2)12(14(21)23-16(17,18)19)11(9)13(20)22-15(3,4)5/h9-12H,6-8H2,1-5H3. The maximum atomic E-state index is 12.6. The molecule has 1 saturated carbocycles. The fraction of sp³-hybridized carbons (Fsp3) is 0.875. The average Bonchev–Trinajstić information content (AvgIpc) is 2.73. The zero-order valence-electron chi connectivity index (χ0n) is 14.2. The van der Waals surface area contributed by atoms with E-state index in [9.17, 15) is 9.59 Å². The molecule has 134 valence electrons. The number of carbonyl (C=O) groups is 2. The molecule has 4 unspecified atom stereocenters. The minimum atomic E-state index is -2.13. The first kappa shape index (κ1) is 20.9. The summed E-state index contributed by atoms with van der Waals surface area (Å²) in [4.78, 5) is 25.1. The molecule has 0 saturated heterocycles. The summed E-state index contributed by atoms with van der Waals surface area (Å²) in [6.07, 6.45) is 2.28. The van der Waals surface area contributed by atoms with Crippen LogP contribution in [0.25, 0.3) is 0 Å². The summed E-state index contributed by atoms with van der Waals surface area (Å²) in [5, 5.41) is 0. The van der Waals surface area contributed by atoms with Crippen molar-refractivity contribution in [3.63, 3.8) is 0 Å². The van der Waals surface area contributed by atoms with E-state index in [2.05, 4.69) is 0 Å². The van der Waals surface area contributed by atoms with Gasteiger partial charge in [-0.05, 0) is 73.8 Å². The van der Waals surface area contributed by atoms with Gasteiger partial charge in [-0.15, -0.1) is 0 Å². The lowest BCUT2D eigenvalue weighted by molar-refractivity contribution is -0.169. The Kier molecular flexibility index (Phi) is 7.07. The van der Waals surface area contributed by atoms with Gasteiger partial charge in [0.15, 0.2) is 0 Å². The minimum absolute atomic E-state index is 0.0114.